The van der Waals surface area contributed by atoms with Crippen LogP contribution in [0, 0.1) is 0 Å². The van der Waals surface area contributed by atoms with Crippen molar-refractivity contribution >= 4 is 34.8 Å². The molecule has 2 N–H and O–H groups in total. The number of halogens is 1. The van der Waals surface area contributed by atoms with Gasteiger partial charge in [0, 0.05) is 37.9 Å². The molecular formula is C21H23ClN4O4. The van der Waals surface area contributed by atoms with Gasteiger partial charge in [0.2, 0.25) is 18.6 Å². The minimum absolute atomic E-state index is 0.0845. The number of carbonyl (C=O) groups excluding carboxylic acids is 2. The van der Waals surface area contributed by atoms with Crippen LogP contribution >= 0.6 is 11.6 Å². The Kier molecular flexibility index (Phi) is 6.37. The van der Waals surface area contributed by atoms with Gasteiger partial charge in [-0.25, -0.2) is 0 Å². The Morgan fingerprint density at radius 1 is 0.867 bits per heavy atom. The number of para-hydroxylation sites is 1. The highest BCUT2D eigenvalue weighted by atomic mass is 35.5. The number of anilines is 2. The highest BCUT2D eigenvalue weighted by Gasteiger charge is 2.21. The summed E-state index contributed by atoms with van der Waals surface area (Å²) in [6.07, 6.45) is 0. The van der Waals surface area contributed by atoms with Gasteiger partial charge in [-0.2, -0.15) is 0 Å². The van der Waals surface area contributed by atoms with Crippen molar-refractivity contribution in [2.24, 2.45) is 0 Å². The quantitative estimate of drug-likeness (QED) is 0.731. The fourth-order valence-corrected chi connectivity index (χ4v) is 3.62. The van der Waals surface area contributed by atoms with E-state index < -0.39 is 0 Å². The van der Waals surface area contributed by atoms with Crippen molar-refractivity contribution in [1.82, 2.24) is 9.80 Å². The van der Waals surface area contributed by atoms with Gasteiger partial charge >= 0.3 is 0 Å². The van der Waals surface area contributed by atoms with Crippen molar-refractivity contribution in [1.29, 1.82) is 0 Å². The maximum absolute atomic E-state index is 12.4. The predicted octanol–water partition coefficient (Wildman–Crippen LogP) is 2.26. The zero-order valence-electron chi connectivity index (χ0n) is 16.4. The molecule has 2 aromatic carbocycles. The number of ether oxygens (including phenoxy) is 2. The lowest BCUT2D eigenvalue weighted by molar-refractivity contribution is -0.120. The first-order valence-electron chi connectivity index (χ1n) is 9.75. The van der Waals surface area contributed by atoms with Gasteiger partial charge in [0.05, 0.1) is 23.8 Å². The van der Waals surface area contributed by atoms with E-state index in [-0.39, 0.29) is 18.6 Å². The van der Waals surface area contributed by atoms with Gasteiger partial charge < -0.3 is 20.1 Å². The maximum Gasteiger partial charge on any atom is 0.238 e. The fraction of sp³-hybridized carbons (Fsp3) is 0.333. The molecule has 2 aliphatic heterocycles. The Morgan fingerprint density at radius 3 is 2.20 bits per heavy atom. The molecule has 0 aliphatic carbocycles. The molecule has 1 saturated heterocycles. The highest BCUT2D eigenvalue weighted by Crippen LogP contribution is 2.34. The van der Waals surface area contributed by atoms with Crippen molar-refractivity contribution in [2.45, 2.75) is 0 Å². The number of amides is 2. The second-order valence-electron chi connectivity index (χ2n) is 7.20. The number of carbonyl (C=O) groups is 2. The molecule has 8 nitrogen and oxygen atoms in total. The third kappa shape index (κ3) is 5.21. The molecule has 30 heavy (non-hydrogen) atoms. The number of nitrogens with one attached hydrogen (secondary N) is 2. The minimum atomic E-state index is -0.0999. The van der Waals surface area contributed by atoms with Gasteiger partial charge in [0.25, 0.3) is 0 Å². The molecule has 2 aliphatic rings. The summed E-state index contributed by atoms with van der Waals surface area (Å²) in [6, 6.07) is 12.5. The lowest BCUT2D eigenvalue weighted by Gasteiger charge is -2.33. The topological polar surface area (TPSA) is 83.1 Å². The summed E-state index contributed by atoms with van der Waals surface area (Å²) in [4.78, 5) is 28.8. The van der Waals surface area contributed by atoms with Crippen LogP contribution in [0.2, 0.25) is 5.02 Å². The Bertz CT molecular complexity index is 931. The second-order valence-corrected chi connectivity index (χ2v) is 7.60. The molecule has 0 unspecified atom stereocenters. The maximum atomic E-state index is 12.4. The van der Waals surface area contributed by atoms with Gasteiger partial charge in [0.15, 0.2) is 11.5 Å². The largest absolute Gasteiger partial charge is 0.454 e. The van der Waals surface area contributed by atoms with Crippen LogP contribution in [-0.2, 0) is 9.59 Å². The molecule has 1 fully saturated rings. The van der Waals surface area contributed by atoms with Crippen molar-refractivity contribution in [3.63, 3.8) is 0 Å². The lowest BCUT2D eigenvalue weighted by atomic mass is 10.2. The van der Waals surface area contributed by atoms with Gasteiger partial charge in [-0.05, 0) is 24.3 Å². The first kappa shape index (κ1) is 20.5. The summed E-state index contributed by atoms with van der Waals surface area (Å²) in [5, 5.41) is 6.24. The molecule has 4 rings (SSSR count). The Morgan fingerprint density at radius 2 is 1.50 bits per heavy atom. The van der Waals surface area contributed by atoms with Gasteiger partial charge in [-0.3, -0.25) is 19.4 Å². The smallest absolute Gasteiger partial charge is 0.238 e. The number of nitrogens with zero attached hydrogens (tertiary/aromatic N) is 2. The number of rotatable bonds is 6. The third-order valence-electron chi connectivity index (χ3n) is 5.00. The van der Waals surface area contributed by atoms with E-state index in [0.29, 0.717) is 67.2 Å². The summed E-state index contributed by atoms with van der Waals surface area (Å²) in [6.45, 7) is 3.66. The number of fused-ring (bicyclic) bond motifs is 1. The summed E-state index contributed by atoms with van der Waals surface area (Å²) in [5.41, 5.74) is 1.29. The first-order chi connectivity index (χ1) is 14.6. The summed E-state index contributed by atoms with van der Waals surface area (Å²) >= 11 is 6.08. The zero-order valence-corrected chi connectivity index (χ0v) is 17.2. The molecule has 0 radical (unpaired) electrons. The number of hydrogen-bond acceptors (Lipinski definition) is 6. The van der Waals surface area contributed by atoms with Crippen LogP contribution in [0.25, 0.3) is 0 Å². The van der Waals surface area contributed by atoms with Gasteiger partial charge in [0.1, 0.15) is 0 Å². The van der Waals surface area contributed by atoms with Crippen molar-refractivity contribution < 1.29 is 19.1 Å². The molecule has 0 aromatic heterocycles. The van der Waals surface area contributed by atoms with E-state index in [1.807, 2.05) is 12.1 Å². The number of benzene rings is 2. The molecule has 2 heterocycles. The van der Waals surface area contributed by atoms with Gasteiger partial charge in [-0.1, -0.05) is 23.7 Å². The Hall–Kier alpha value is -2.81. The fourth-order valence-electron chi connectivity index (χ4n) is 3.44. The Balaban J connectivity index is 1.19. The average Bonchev–Trinajstić information content (AvgIpc) is 3.19. The molecule has 2 aromatic rings. The van der Waals surface area contributed by atoms with Crippen LogP contribution in [0.5, 0.6) is 11.5 Å². The second kappa shape index (κ2) is 9.34. The van der Waals surface area contributed by atoms with Crippen molar-refractivity contribution in [3.8, 4) is 11.5 Å². The molecule has 0 saturated carbocycles. The van der Waals surface area contributed by atoms with Crippen LogP contribution in [0.15, 0.2) is 42.5 Å². The van der Waals surface area contributed by atoms with E-state index >= 15 is 0 Å². The van der Waals surface area contributed by atoms with Crippen LogP contribution in [0.1, 0.15) is 0 Å². The van der Waals surface area contributed by atoms with Crippen LogP contribution in [-0.4, -0.2) is 67.7 Å². The zero-order chi connectivity index (χ0) is 20.9. The van der Waals surface area contributed by atoms with E-state index in [0.717, 1.165) is 0 Å². The summed E-state index contributed by atoms with van der Waals surface area (Å²) in [5.74, 6) is 1.13. The number of hydrogen-bond donors (Lipinski definition) is 2. The average molecular weight is 431 g/mol. The SMILES string of the molecule is O=C(CN1CCN(CC(=O)Nc2ccccc2Cl)CC1)Nc1ccc2c(c1)OCO2. The van der Waals surface area contributed by atoms with Crippen LogP contribution in [0.3, 0.4) is 0 Å². The van der Waals surface area contributed by atoms with Crippen LogP contribution in [0.4, 0.5) is 11.4 Å². The van der Waals surface area contributed by atoms with E-state index in [1.54, 1.807) is 30.3 Å². The predicted molar refractivity (Wildman–Crippen MR) is 114 cm³/mol. The monoisotopic (exact) mass is 430 g/mol. The van der Waals surface area contributed by atoms with Crippen molar-refractivity contribution in [2.75, 3.05) is 56.7 Å². The molecule has 0 atom stereocenters. The normalized spacial score (nSPS) is 16.3. The van der Waals surface area contributed by atoms with E-state index in [4.69, 9.17) is 21.1 Å². The molecule has 0 bridgehead atoms. The molecule has 0 spiro atoms. The lowest BCUT2D eigenvalue weighted by Crippen LogP contribution is -2.50. The van der Waals surface area contributed by atoms with Gasteiger partial charge in [-0.15, -0.1) is 0 Å². The first-order valence-corrected chi connectivity index (χ1v) is 10.1. The third-order valence-corrected chi connectivity index (χ3v) is 5.33. The van der Waals surface area contributed by atoms with E-state index in [2.05, 4.69) is 20.4 Å². The molecular weight excluding hydrogens is 408 g/mol. The number of piperazine rings is 1. The Labute approximate surface area is 179 Å². The highest BCUT2D eigenvalue weighted by molar-refractivity contribution is 6.33. The molecule has 9 heteroatoms. The minimum Gasteiger partial charge on any atom is -0.454 e. The van der Waals surface area contributed by atoms with Crippen LogP contribution < -0.4 is 20.1 Å². The molecule has 158 valence electrons. The van der Waals surface area contributed by atoms with Crippen molar-refractivity contribution in [3.05, 3.63) is 47.5 Å². The van der Waals surface area contributed by atoms with E-state index in [9.17, 15) is 9.59 Å². The summed E-state index contributed by atoms with van der Waals surface area (Å²) in [7, 11) is 0. The molecule has 2 amide bonds. The standard InChI is InChI=1S/C21H23ClN4O4/c22-16-3-1-2-4-17(16)24-21(28)13-26-9-7-25(8-10-26)12-20(27)23-15-5-6-18-19(11-15)30-14-29-18/h1-6,11H,7-10,12-14H2,(H,23,27)(H,24,28). The summed E-state index contributed by atoms with van der Waals surface area (Å²) < 4.78 is 10.6. The van der Waals surface area contributed by atoms with E-state index in [1.165, 1.54) is 0 Å².